The van der Waals surface area contributed by atoms with Crippen molar-refractivity contribution in [2.24, 2.45) is 17.3 Å². The average molecular weight is 237 g/mol. The molecule has 2 heteroatoms. The molecule has 0 N–H and O–H groups in total. The molecule has 0 aromatic rings. The molecule has 1 amide bonds. The fraction of sp³-hybridized carbons (Fsp3) is 0.933. The van der Waals surface area contributed by atoms with Crippen LogP contribution in [0.5, 0.6) is 0 Å². The van der Waals surface area contributed by atoms with Gasteiger partial charge in [-0.25, -0.2) is 0 Å². The maximum absolute atomic E-state index is 12.2. The van der Waals surface area contributed by atoms with E-state index in [-0.39, 0.29) is 0 Å². The quantitative estimate of drug-likeness (QED) is 0.720. The molecule has 1 saturated heterocycles. The Balaban J connectivity index is 1.85. The Hall–Kier alpha value is -0.530. The van der Waals surface area contributed by atoms with E-state index in [1.54, 1.807) is 0 Å². The monoisotopic (exact) mass is 237 g/mol. The highest BCUT2D eigenvalue weighted by Gasteiger charge is 2.33. The third kappa shape index (κ3) is 3.46. The molecule has 2 nitrogen and oxygen atoms in total. The summed E-state index contributed by atoms with van der Waals surface area (Å²) in [6.07, 6.45) is 7.31. The highest BCUT2D eigenvalue weighted by Crippen LogP contribution is 2.33. The van der Waals surface area contributed by atoms with Gasteiger partial charge in [-0.1, -0.05) is 27.2 Å². The van der Waals surface area contributed by atoms with Gasteiger partial charge in [-0.2, -0.15) is 0 Å². The predicted octanol–water partition coefficient (Wildman–Crippen LogP) is 3.46. The Bertz CT molecular complexity index is 275. The second-order valence-electron chi connectivity index (χ2n) is 7.19. The maximum Gasteiger partial charge on any atom is 0.225 e. The van der Waals surface area contributed by atoms with Crippen molar-refractivity contribution in [2.75, 3.05) is 13.1 Å². The van der Waals surface area contributed by atoms with Crippen molar-refractivity contribution in [2.45, 2.75) is 59.3 Å². The van der Waals surface area contributed by atoms with Crippen LogP contribution in [0.25, 0.3) is 0 Å². The number of hydrogen-bond acceptors (Lipinski definition) is 1. The van der Waals surface area contributed by atoms with Crippen LogP contribution < -0.4 is 0 Å². The molecule has 1 saturated carbocycles. The molecule has 2 rings (SSSR count). The lowest BCUT2D eigenvalue weighted by molar-refractivity contribution is -0.140. The second kappa shape index (κ2) is 4.99. The van der Waals surface area contributed by atoms with Gasteiger partial charge in [0.25, 0.3) is 0 Å². The smallest absolute Gasteiger partial charge is 0.225 e. The number of carbonyl (C=O) groups excluding carboxylic acids is 1. The predicted molar refractivity (Wildman–Crippen MR) is 70.7 cm³/mol. The van der Waals surface area contributed by atoms with Gasteiger partial charge in [0.15, 0.2) is 0 Å². The largest absolute Gasteiger partial charge is 0.342 e. The average Bonchev–Trinajstić information content (AvgIpc) is 2.12. The maximum atomic E-state index is 12.2. The van der Waals surface area contributed by atoms with E-state index in [9.17, 15) is 4.79 Å². The summed E-state index contributed by atoms with van der Waals surface area (Å²) in [6.45, 7) is 8.95. The number of hydrogen-bond donors (Lipinski definition) is 0. The molecular formula is C15H27NO. The Morgan fingerprint density at radius 1 is 1.18 bits per heavy atom. The van der Waals surface area contributed by atoms with Gasteiger partial charge < -0.3 is 4.90 Å². The van der Waals surface area contributed by atoms with E-state index >= 15 is 0 Å². The van der Waals surface area contributed by atoms with Crippen LogP contribution in [0.2, 0.25) is 0 Å². The topological polar surface area (TPSA) is 20.3 Å². The van der Waals surface area contributed by atoms with Gasteiger partial charge in [0.2, 0.25) is 5.91 Å². The molecular weight excluding hydrogens is 210 g/mol. The van der Waals surface area contributed by atoms with Gasteiger partial charge >= 0.3 is 0 Å². The zero-order valence-electron chi connectivity index (χ0n) is 11.7. The van der Waals surface area contributed by atoms with Gasteiger partial charge in [0.05, 0.1) is 0 Å². The summed E-state index contributed by atoms with van der Waals surface area (Å²) in [5, 5.41) is 0. The Kier molecular flexibility index (Phi) is 3.79. The van der Waals surface area contributed by atoms with Crippen LogP contribution in [-0.4, -0.2) is 23.9 Å². The summed E-state index contributed by atoms with van der Waals surface area (Å²) < 4.78 is 0. The molecule has 98 valence electrons. The van der Waals surface area contributed by atoms with Crippen LogP contribution >= 0.6 is 0 Å². The number of carbonyl (C=O) groups is 1. The van der Waals surface area contributed by atoms with Crippen LogP contribution in [-0.2, 0) is 4.79 Å². The first-order valence-corrected chi connectivity index (χ1v) is 7.24. The van der Waals surface area contributed by atoms with Gasteiger partial charge in [-0.05, 0) is 43.4 Å². The SMILES string of the molecule is CC(C)(C)CC1CCCN(C(=O)C2CCC2)C1. The van der Waals surface area contributed by atoms with Gasteiger partial charge in [-0.3, -0.25) is 4.79 Å². The molecule has 0 aromatic heterocycles. The van der Waals surface area contributed by atoms with E-state index in [1.165, 1.54) is 25.7 Å². The van der Waals surface area contributed by atoms with Gasteiger partial charge in [0.1, 0.15) is 0 Å². The molecule has 1 atom stereocenters. The second-order valence-corrected chi connectivity index (χ2v) is 7.19. The van der Waals surface area contributed by atoms with Crippen molar-refractivity contribution >= 4 is 5.91 Å². The molecule has 2 fully saturated rings. The van der Waals surface area contributed by atoms with Crippen LogP contribution in [0, 0.1) is 17.3 Å². The molecule has 1 unspecified atom stereocenters. The van der Waals surface area contributed by atoms with E-state index in [1.807, 2.05) is 0 Å². The molecule has 0 radical (unpaired) electrons. The molecule has 0 spiro atoms. The van der Waals surface area contributed by atoms with E-state index in [0.29, 0.717) is 17.2 Å². The number of nitrogens with zero attached hydrogens (tertiary/aromatic N) is 1. The summed E-state index contributed by atoms with van der Waals surface area (Å²) in [5.41, 5.74) is 0.396. The molecule has 1 aliphatic carbocycles. The van der Waals surface area contributed by atoms with Crippen molar-refractivity contribution < 1.29 is 4.79 Å². The van der Waals surface area contributed by atoms with E-state index in [4.69, 9.17) is 0 Å². The first-order valence-electron chi connectivity index (χ1n) is 7.24. The lowest BCUT2D eigenvalue weighted by Crippen LogP contribution is -2.45. The zero-order valence-corrected chi connectivity index (χ0v) is 11.7. The van der Waals surface area contributed by atoms with Gasteiger partial charge in [0, 0.05) is 19.0 Å². The minimum Gasteiger partial charge on any atom is -0.342 e. The molecule has 17 heavy (non-hydrogen) atoms. The van der Waals surface area contributed by atoms with Crippen LogP contribution in [0.1, 0.15) is 59.3 Å². The standard InChI is InChI=1S/C15H27NO/c1-15(2,3)10-12-6-5-9-16(11-12)14(17)13-7-4-8-13/h12-13H,4-11H2,1-3H3. The zero-order chi connectivity index (χ0) is 12.5. The molecule has 1 aliphatic heterocycles. The van der Waals surface area contributed by atoms with Crippen molar-refractivity contribution in [3.05, 3.63) is 0 Å². The number of likely N-dealkylation sites (tertiary alicyclic amines) is 1. The van der Waals surface area contributed by atoms with Crippen molar-refractivity contribution in [3.8, 4) is 0 Å². The lowest BCUT2D eigenvalue weighted by atomic mass is 9.80. The summed E-state index contributed by atoms with van der Waals surface area (Å²) >= 11 is 0. The minimum atomic E-state index is 0.378. The molecule has 0 aromatic carbocycles. The first kappa shape index (κ1) is 12.9. The van der Waals surface area contributed by atoms with E-state index < -0.39 is 0 Å². The fourth-order valence-corrected chi connectivity index (χ4v) is 3.21. The number of piperidine rings is 1. The Morgan fingerprint density at radius 2 is 1.88 bits per heavy atom. The molecule has 0 bridgehead atoms. The normalized spacial score (nSPS) is 26.8. The van der Waals surface area contributed by atoms with Crippen LogP contribution in [0.3, 0.4) is 0 Å². The van der Waals surface area contributed by atoms with E-state index in [2.05, 4.69) is 25.7 Å². The van der Waals surface area contributed by atoms with Crippen molar-refractivity contribution in [1.82, 2.24) is 4.90 Å². The highest BCUT2D eigenvalue weighted by molar-refractivity contribution is 5.79. The molecule has 2 aliphatic rings. The molecule has 1 heterocycles. The highest BCUT2D eigenvalue weighted by atomic mass is 16.2. The summed E-state index contributed by atoms with van der Waals surface area (Å²) in [5.74, 6) is 1.56. The first-order chi connectivity index (χ1) is 7.96. The fourth-order valence-electron chi connectivity index (χ4n) is 3.21. The van der Waals surface area contributed by atoms with Crippen molar-refractivity contribution in [3.63, 3.8) is 0 Å². The number of amides is 1. The Labute approximate surface area is 106 Å². The third-order valence-corrected chi connectivity index (χ3v) is 4.19. The van der Waals surface area contributed by atoms with Crippen LogP contribution in [0.4, 0.5) is 0 Å². The third-order valence-electron chi connectivity index (χ3n) is 4.19. The Morgan fingerprint density at radius 3 is 2.41 bits per heavy atom. The van der Waals surface area contributed by atoms with Crippen molar-refractivity contribution in [1.29, 1.82) is 0 Å². The summed E-state index contributed by atoms with van der Waals surface area (Å²) in [6, 6.07) is 0. The van der Waals surface area contributed by atoms with E-state index in [0.717, 1.165) is 31.8 Å². The summed E-state index contributed by atoms with van der Waals surface area (Å²) in [7, 11) is 0. The van der Waals surface area contributed by atoms with Gasteiger partial charge in [-0.15, -0.1) is 0 Å². The lowest BCUT2D eigenvalue weighted by Gasteiger charge is -2.39. The summed E-state index contributed by atoms with van der Waals surface area (Å²) in [4.78, 5) is 14.4. The van der Waals surface area contributed by atoms with Crippen LogP contribution in [0.15, 0.2) is 0 Å². The minimum absolute atomic E-state index is 0.378. The number of rotatable bonds is 2.